The predicted molar refractivity (Wildman–Crippen MR) is 68.9 cm³/mol. The molecule has 0 spiro atoms. The number of carbonyl (C=O) groups is 1. The molecule has 0 saturated carbocycles. The fourth-order valence-electron chi connectivity index (χ4n) is 1.34. The van der Waals surface area contributed by atoms with Gasteiger partial charge in [-0.15, -0.1) is 0 Å². The molecule has 1 N–H and O–H groups in total. The Morgan fingerprint density at radius 3 is 2.82 bits per heavy atom. The molecule has 4 nitrogen and oxygen atoms in total. The van der Waals surface area contributed by atoms with Crippen molar-refractivity contribution < 1.29 is 4.79 Å². The monoisotopic (exact) mass is 291 g/mol. The minimum absolute atomic E-state index is 0.248. The van der Waals surface area contributed by atoms with Gasteiger partial charge in [-0.25, -0.2) is 9.97 Å². The molecule has 0 unspecified atom stereocenters. The first-order chi connectivity index (χ1) is 8.16. The summed E-state index contributed by atoms with van der Waals surface area (Å²) in [4.78, 5) is 20.1. The molecule has 0 bridgehead atoms. The number of hydrogen-bond donors (Lipinski definition) is 1. The van der Waals surface area contributed by atoms with E-state index in [2.05, 4.69) is 31.2 Å². The van der Waals surface area contributed by atoms with Gasteiger partial charge in [-0.1, -0.05) is 6.07 Å². The van der Waals surface area contributed by atoms with E-state index in [9.17, 15) is 4.79 Å². The van der Waals surface area contributed by atoms with Crippen LogP contribution in [0.5, 0.6) is 0 Å². The summed E-state index contributed by atoms with van der Waals surface area (Å²) in [6.45, 7) is 1.84. The fraction of sp³-hybridized carbons (Fsp3) is 0.0833. The molecule has 2 rings (SSSR count). The Morgan fingerprint density at radius 2 is 2.12 bits per heavy atom. The van der Waals surface area contributed by atoms with Crippen LogP contribution >= 0.6 is 15.9 Å². The molecule has 0 saturated heterocycles. The van der Waals surface area contributed by atoms with Gasteiger partial charge in [0.05, 0.1) is 5.69 Å². The smallest absolute Gasteiger partial charge is 0.274 e. The van der Waals surface area contributed by atoms with Crippen molar-refractivity contribution in [2.75, 3.05) is 5.32 Å². The average molecular weight is 292 g/mol. The third kappa shape index (κ3) is 2.88. The second-order valence-corrected chi connectivity index (χ2v) is 4.21. The number of aromatic nitrogens is 2. The summed E-state index contributed by atoms with van der Waals surface area (Å²) in [6, 6.07) is 8.84. The van der Waals surface area contributed by atoms with Gasteiger partial charge in [0.25, 0.3) is 5.91 Å². The van der Waals surface area contributed by atoms with Gasteiger partial charge >= 0.3 is 0 Å². The normalized spacial score (nSPS) is 10.0. The number of nitrogens with zero attached hydrogens (tertiary/aromatic N) is 2. The van der Waals surface area contributed by atoms with Crippen LogP contribution in [0.15, 0.2) is 41.1 Å². The van der Waals surface area contributed by atoms with Gasteiger partial charge in [-0.05, 0) is 47.1 Å². The lowest BCUT2D eigenvalue weighted by atomic mass is 10.3. The number of hydrogen-bond acceptors (Lipinski definition) is 3. The molecular weight excluding hydrogens is 282 g/mol. The van der Waals surface area contributed by atoms with E-state index in [1.807, 2.05) is 13.0 Å². The SMILES string of the molecule is Cc1cccc(C(=O)Nc2cccnc2Br)n1. The number of carbonyl (C=O) groups excluding carboxylic acids is 1. The zero-order valence-corrected chi connectivity index (χ0v) is 10.7. The topological polar surface area (TPSA) is 54.9 Å². The Kier molecular flexibility index (Phi) is 3.49. The summed E-state index contributed by atoms with van der Waals surface area (Å²) in [5.41, 5.74) is 1.82. The summed E-state index contributed by atoms with van der Waals surface area (Å²) in [7, 11) is 0. The van der Waals surface area contributed by atoms with E-state index in [0.717, 1.165) is 5.69 Å². The largest absolute Gasteiger partial charge is 0.318 e. The Labute approximate surface area is 107 Å². The minimum Gasteiger partial charge on any atom is -0.318 e. The number of aryl methyl sites for hydroxylation is 1. The number of amides is 1. The van der Waals surface area contributed by atoms with Gasteiger partial charge in [0.15, 0.2) is 0 Å². The first-order valence-electron chi connectivity index (χ1n) is 5.02. The lowest BCUT2D eigenvalue weighted by molar-refractivity contribution is 0.102. The lowest BCUT2D eigenvalue weighted by Gasteiger charge is -2.06. The highest BCUT2D eigenvalue weighted by Gasteiger charge is 2.09. The second-order valence-electron chi connectivity index (χ2n) is 3.46. The van der Waals surface area contributed by atoms with Crippen molar-refractivity contribution >= 4 is 27.5 Å². The molecule has 0 aliphatic rings. The highest BCUT2D eigenvalue weighted by molar-refractivity contribution is 9.10. The molecule has 5 heteroatoms. The van der Waals surface area contributed by atoms with Gasteiger partial charge in [0, 0.05) is 11.9 Å². The molecule has 0 radical (unpaired) electrons. The van der Waals surface area contributed by atoms with Crippen LogP contribution in [0.25, 0.3) is 0 Å². The maximum absolute atomic E-state index is 11.9. The van der Waals surface area contributed by atoms with Crippen molar-refractivity contribution in [3.05, 3.63) is 52.5 Å². The quantitative estimate of drug-likeness (QED) is 0.866. The van der Waals surface area contributed by atoms with Crippen molar-refractivity contribution in [3.63, 3.8) is 0 Å². The molecule has 0 fully saturated rings. The summed E-state index contributed by atoms with van der Waals surface area (Å²) in [5.74, 6) is -0.248. The van der Waals surface area contributed by atoms with Gasteiger partial charge in [0.1, 0.15) is 10.3 Å². The van der Waals surface area contributed by atoms with Crippen LogP contribution in [0.2, 0.25) is 0 Å². The highest BCUT2D eigenvalue weighted by Crippen LogP contribution is 2.18. The van der Waals surface area contributed by atoms with Crippen LogP contribution in [0.4, 0.5) is 5.69 Å². The van der Waals surface area contributed by atoms with E-state index in [4.69, 9.17) is 0 Å². The molecule has 2 aromatic heterocycles. The van der Waals surface area contributed by atoms with E-state index in [-0.39, 0.29) is 5.91 Å². The summed E-state index contributed by atoms with van der Waals surface area (Å²) in [5, 5.41) is 2.74. The van der Waals surface area contributed by atoms with E-state index >= 15 is 0 Å². The van der Waals surface area contributed by atoms with Gasteiger partial charge in [-0.3, -0.25) is 4.79 Å². The van der Waals surface area contributed by atoms with Crippen LogP contribution < -0.4 is 5.32 Å². The molecule has 0 aromatic carbocycles. The van der Waals surface area contributed by atoms with E-state index < -0.39 is 0 Å². The van der Waals surface area contributed by atoms with Crippen LogP contribution in [-0.4, -0.2) is 15.9 Å². The van der Waals surface area contributed by atoms with Gasteiger partial charge in [0.2, 0.25) is 0 Å². The van der Waals surface area contributed by atoms with Crippen molar-refractivity contribution in [3.8, 4) is 0 Å². The molecule has 86 valence electrons. The number of halogens is 1. The van der Waals surface area contributed by atoms with Crippen LogP contribution in [0.1, 0.15) is 16.2 Å². The molecule has 0 aliphatic carbocycles. The van der Waals surface area contributed by atoms with E-state index in [0.29, 0.717) is 16.0 Å². The van der Waals surface area contributed by atoms with Gasteiger partial charge < -0.3 is 5.32 Å². The predicted octanol–water partition coefficient (Wildman–Crippen LogP) is 2.80. The fourth-order valence-corrected chi connectivity index (χ4v) is 1.68. The third-order valence-electron chi connectivity index (χ3n) is 2.13. The Morgan fingerprint density at radius 1 is 1.29 bits per heavy atom. The maximum Gasteiger partial charge on any atom is 0.274 e. The highest BCUT2D eigenvalue weighted by atomic mass is 79.9. The maximum atomic E-state index is 11.9. The summed E-state index contributed by atoms with van der Waals surface area (Å²) >= 11 is 3.27. The van der Waals surface area contributed by atoms with E-state index in [1.54, 1.807) is 30.5 Å². The third-order valence-corrected chi connectivity index (χ3v) is 2.76. The molecule has 17 heavy (non-hydrogen) atoms. The van der Waals surface area contributed by atoms with Crippen molar-refractivity contribution in [2.45, 2.75) is 6.92 Å². The second kappa shape index (κ2) is 5.05. The van der Waals surface area contributed by atoms with E-state index in [1.165, 1.54) is 0 Å². The van der Waals surface area contributed by atoms with Crippen molar-refractivity contribution in [1.29, 1.82) is 0 Å². The Hall–Kier alpha value is -1.75. The lowest BCUT2D eigenvalue weighted by Crippen LogP contribution is -2.14. The molecule has 2 aromatic rings. The summed E-state index contributed by atoms with van der Waals surface area (Å²) < 4.78 is 0.598. The standard InChI is InChI=1S/C12H10BrN3O/c1-8-4-2-5-10(15-8)12(17)16-9-6-3-7-14-11(9)13/h2-7H,1H3,(H,16,17). The zero-order chi connectivity index (χ0) is 12.3. The first-order valence-corrected chi connectivity index (χ1v) is 5.81. The summed E-state index contributed by atoms with van der Waals surface area (Å²) in [6.07, 6.45) is 1.64. The van der Waals surface area contributed by atoms with Crippen LogP contribution in [0, 0.1) is 6.92 Å². The number of rotatable bonds is 2. The molecule has 2 heterocycles. The van der Waals surface area contributed by atoms with Gasteiger partial charge in [-0.2, -0.15) is 0 Å². The molecule has 0 atom stereocenters. The van der Waals surface area contributed by atoms with Crippen LogP contribution in [-0.2, 0) is 0 Å². The number of anilines is 1. The Balaban J connectivity index is 2.20. The molecule has 1 amide bonds. The Bertz CT molecular complexity index is 557. The number of nitrogens with one attached hydrogen (secondary N) is 1. The molecular formula is C12H10BrN3O. The first kappa shape index (κ1) is 11.7. The van der Waals surface area contributed by atoms with Crippen LogP contribution in [0.3, 0.4) is 0 Å². The average Bonchev–Trinajstić information content (AvgIpc) is 2.32. The number of pyridine rings is 2. The minimum atomic E-state index is -0.248. The van der Waals surface area contributed by atoms with Crippen molar-refractivity contribution in [1.82, 2.24) is 9.97 Å². The van der Waals surface area contributed by atoms with Crippen molar-refractivity contribution in [2.24, 2.45) is 0 Å². The molecule has 0 aliphatic heterocycles. The zero-order valence-electron chi connectivity index (χ0n) is 9.14.